The van der Waals surface area contributed by atoms with Gasteiger partial charge in [0.15, 0.2) is 5.16 Å². The van der Waals surface area contributed by atoms with Gasteiger partial charge in [0.25, 0.3) is 5.91 Å². The number of piperidine rings is 1. The van der Waals surface area contributed by atoms with Crippen molar-refractivity contribution < 1.29 is 9.53 Å². The quantitative estimate of drug-likeness (QED) is 0.369. The molecule has 0 bridgehead atoms. The maximum atomic E-state index is 12.3. The number of aromatic nitrogens is 2. The largest absolute Gasteiger partial charge is 0.383 e. The van der Waals surface area contributed by atoms with Crippen LogP contribution in [0.15, 0.2) is 35.5 Å². The highest BCUT2D eigenvalue weighted by Crippen LogP contribution is 2.27. The van der Waals surface area contributed by atoms with Crippen LogP contribution in [0.25, 0.3) is 0 Å². The molecule has 2 heterocycles. The average molecular weight is 429 g/mol. The first-order chi connectivity index (χ1) is 14.6. The summed E-state index contributed by atoms with van der Waals surface area (Å²) in [6.45, 7) is 6.48. The lowest BCUT2D eigenvalue weighted by molar-refractivity contribution is 0.0937. The number of hydrogen-bond acceptors (Lipinski definition) is 6. The first-order valence-electron chi connectivity index (χ1n) is 10.7. The topological polar surface area (TPSA) is 67.4 Å². The van der Waals surface area contributed by atoms with Crippen LogP contribution in [0.1, 0.15) is 54.7 Å². The summed E-state index contributed by atoms with van der Waals surface area (Å²) in [5.41, 5.74) is 2.82. The van der Waals surface area contributed by atoms with Crippen molar-refractivity contribution >= 4 is 23.5 Å². The van der Waals surface area contributed by atoms with E-state index in [2.05, 4.69) is 30.1 Å². The summed E-state index contributed by atoms with van der Waals surface area (Å²) < 4.78 is 4.98. The normalized spacial score (nSPS) is 16.5. The Labute approximate surface area is 183 Å². The van der Waals surface area contributed by atoms with Gasteiger partial charge in [-0.15, -0.1) is 0 Å². The molecule has 1 atom stereocenters. The second-order valence-corrected chi connectivity index (χ2v) is 8.57. The molecule has 6 nitrogen and oxygen atoms in total. The van der Waals surface area contributed by atoms with E-state index in [0.29, 0.717) is 24.8 Å². The minimum atomic E-state index is -0.0792. The van der Waals surface area contributed by atoms with Crippen LogP contribution >= 0.6 is 11.8 Å². The molecule has 1 fully saturated rings. The van der Waals surface area contributed by atoms with Crippen molar-refractivity contribution in [2.75, 3.05) is 31.7 Å². The van der Waals surface area contributed by atoms with Gasteiger partial charge in [0.1, 0.15) is 5.82 Å². The number of nitrogens with one attached hydrogen (secondary N) is 1. The highest BCUT2D eigenvalue weighted by Gasteiger charge is 2.21. The van der Waals surface area contributed by atoms with Gasteiger partial charge in [-0.05, 0) is 50.3 Å². The van der Waals surface area contributed by atoms with Crippen LogP contribution in [-0.4, -0.2) is 48.7 Å². The number of carbonyl (C=O) groups is 1. The number of benzene rings is 1. The summed E-state index contributed by atoms with van der Waals surface area (Å²) in [7, 11) is 1.62. The molecule has 30 heavy (non-hydrogen) atoms. The van der Waals surface area contributed by atoms with Gasteiger partial charge in [-0.2, -0.15) is 0 Å². The second-order valence-electron chi connectivity index (χ2n) is 7.63. The molecular formula is C23H32N4O2S. The average Bonchev–Trinajstić information content (AvgIpc) is 2.78. The Kier molecular flexibility index (Phi) is 8.51. The number of hydrogen-bond donors (Lipinski definition) is 1. The summed E-state index contributed by atoms with van der Waals surface area (Å²) in [5, 5.41) is 3.67. The Morgan fingerprint density at radius 3 is 2.93 bits per heavy atom. The highest BCUT2D eigenvalue weighted by atomic mass is 32.2. The molecule has 1 saturated heterocycles. The molecule has 162 valence electrons. The SMILES string of the molecule is CCc1cc(N2CCCCC2C)nc(SCc2cccc(C(=O)NCCOC)c2)n1. The van der Waals surface area contributed by atoms with Gasteiger partial charge in [0, 0.05) is 49.3 Å². The molecule has 1 aliphatic heterocycles. The third-order valence-electron chi connectivity index (χ3n) is 5.35. The fourth-order valence-corrected chi connectivity index (χ4v) is 4.42. The number of ether oxygens (including phenoxy) is 1. The number of aryl methyl sites for hydroxylation is 1. The summed E-state index contributed by atoms with van der Waals surface area (Å²) in [4.78, 5) is 24.3. The Hall–Kier alpha value is -2.12. The molecule has 0 aliphatic carbocycles. The second kappa shape index (κ2) is 11.3. The van der Waals surface area contributed by atoms with E-state index in [4.69, 9.17) is 14.7 Å². The number of amides is 1. The van der Waals surface area contributed by atoms with E-state index in [1.54, 1.807) is 18.9 Å². The van der Waals surface area contributed by atoms with E-state index >= 15 is 0 Å². The molecule has 1 aliphatic rings. The van der Waals surface area contributed by atoms with Gasteiger partial charge in [0.2, 0.25) is 0 Å². The molecular weight excluding hydrogens is 396 g/mol. The molecule has 1 aromatic heterocycles. The van der Waals surface area contributed by atoms with Crippen LogP contribution in [-0.2, 0) is 16.9 Å². The van der Waals surface area contributed by atoms with Gasteiger partial charge in [-0.25, -0.2) is 9.97 Å². The van der Waals surface area contributed by atoms with Crippen molar-refractivity contribution in [2.45, 2.75) is 56.5 Å². The van der Waals surface area contributed by atoms with E-state index < -0.39 is 0 Å². The van der Waals surface area contributed by atoms with Gasteiger partial charge < -0.3 is 15.0 Å². The summed E-state index contributed by atoms with van der Waals surface area (Å²) >= 11 is 1.62. The number of nitrogens with zero attached hydrogens (tertiary/aromatic N) is 3. The van der Waals surface area contributed by atoms with Crippen molar-refractivity contribution in [3.05, 3.63) is 47.2 Å². The number of anilines is 1. The van der Waals surface area contributed by atoms with E-state index in [1.165, 1.54) is 19.3 Å². The Morgan fingerprint density at radius 2 is 2.17 bits per heavy atom. The fourth-order valence-electron chi connectivity index (χ4n) is 3.61. The molecule has 1 aromatic carbocycles. The van der Waals surface area contributed by atoms with Crippen LogP contribution in [0, 0.1) is 0 Å². The van der Waals surface area contributed by atoms with E-state index in [0.717, 1.165) is 41.0 Å². The minimum Gasteiger partial charge on any atom is -0.383 e. The monoisotopic (exact) mass is 428 g/mol. The predicted molar refractivity (Wildman–Crippen MR) is 122 cm³/mol. The van der Waals surface area contributed by atoms with Crippen LogP contribution in [0.4, 0.5) is 5.82 Å². The number of carbonyl (C=O) groups excluding carboxylic acids is 1. The summed E-state index contributed by atoms with van der Waals surface area (Å²) in [6, 6.07) is 10.4. The molecule has 0 radical (unpaired) electrons. The molecule has 7 heteroatoms. The molecule has 1 N–H and O–H groups in total. The van der Waals surface area contributed by atoms with E-state index in [-0.39, 0.29) is 5.91 Å². The first-order valence-corrected chi connectivity index (χ1v) is 11.7. The third kappa shape index (κ3) is 6.19. The zero-order chi connectivity index (χ0) is 21.3. The smallest absolute Gasteiger partial charge is 0.251 e. The van der Waals surface area contributed by atoms with Crippen LogP contribution in [0.3, 0.4) is 0 Å². The molecule has 2 aromatic rings. The van der Waals surface area contributed by atoms with Crippen molar-refractivity contribution in [3.63, 3.8) is 0 Å². The van der Waals surface area contributed by atoms with Crippen molar-refractivity contribution in [1.29, 1.82) is 0 Å². The maximum absolute atomic E-state index is 12.3. The molecule has 3 rings (SSSR count). The Balaban J connectivity index is 1.68. The number of methoxy groups -OCH3 is 1. The highest BCUT2D eigenvalue weighted by molar-refractivity contribution is 7.98. The van der Waals surface area contributed by atoms with Crippen molar-refractivity contribution in [2.24, 2.45) is 0 Å². The van der Waals surface area contributed by atoms with Gasteiger partial charge in [-0.3, -0.25) is 4.79 Å². The predicted octanol–water partition coefficient (Wildman–Crippen LogP) is 4.09. The molecule has 1 amide bonds. The first kappa shape index (κ1) is 22.6. The fraction of sp³-hybridized carbons (Fsp3) is 0.522. The third-order valence-corrected chi connectivity index (χ3v) is 6.27. The number of thioether (sulfide) groups is 1. The summed E-state index contributed by atoms with van der Waals surface area (Å²) in [5.74, 6) is 1.69. The lowest BCUT2D eigenvalue weighted by Crippen LogP contribution is -2.38. The van der Waals surface area contributed by atoms with Crippen LogP contribution in [0.2, 0.25) is 0 Å². The molecule has 1 unspecified atom stereocenters. The Bertz CT molecular complexity index is 846. The lowest BCUT2D eigenvalue weighted by atomic mass is 10.0. The van der Waals surface area contributed by atoms with Gasteiger partial charge >= 0.3 is 0 Å². The summed E-state index contributed by atoms with van der Waals surface area (Å²) in [6.07, 6.45) is 4.62. The maximum Gasteiger partial charge on any atom is 0.251 e. The minimum absolute atomic E-state index is 0.0792. The molecule has 0 saturated carbocycles. The zero-order valence-corrected chi connectivity index (χ0v) is 19.0. The Morgan fingerprint density at radius 1 is 1.30 bits per heavy atom. The number of rotatable bonds is 9. The lowest BCUT2D eigenvalue weighted by Gasteiger charge is -2.34. The zero-order valence-electron chi connectivity index (χ0n) is 18.2. The molecule has 0 spiro atoms. The van der Waals surface area contributed by atoms with Crippen LogP contribution in [0.5, 0.6) is 0 Å². The van der Waals surface area contributed by atoms with Crippen LogP contribution < -0.4 is 10.2 Å². The standard InChI is InChI=1S/C23H32N4O2S/c1-4-20-15-21(27-12-6-5-8-17(27)2)26-23(25-20)30-16-18-9-7-10-19(14-18)22(28)24-11-13-29-3/h7,9-10,14-15,17H,4-6,8,11-13,16H2,1-3H3,(H,24,28). The van der Waals surface area contributed by atoms with Gasteiger partial charge in [-0.1, -0.05) is 30.8 Å². The van der Waals surface area contributed by atoms with Gasteiger partial charge in [0.05, 0.1) is 6.61 Å². The van der Waals surface area contributed by atoms with E-state index in [1.807, 2.05) is 24.3 Å². The van der Waals surface area contributed by atoms with Crippen molar-refractivity contribution in [3.8, 4) is 0 Å². The van der Waals surface area contributed by atoms with E-state index in [9.17, 15) is 4.79 Å². The van der Waals surface area contributed by atoms with Crippen molar-refractivity contribution in [1.82, 2.24) is 15.3 Å².